The average molecular weight is 306 g/mol. The number of hydrogen-bond donors (Lipinski definition) is 0. The Morgan fingerprint density at radius 1 is 1.05 bits per heavy atom. The summed E-state index contributed by atoms with van der Waals surface area (Å²) in [5, 5.41) is 0. The van der Waals surface area contributed by atoms with Crippen molar-refractivity contribution in [2.75, 3.05) is 6.67 Å². The van der Waals surface area contributed by atoms with Gasteiger partial charge in [-0.15, -0.1) is 0 Å². The summed E-state index contributed by atoms with van der Waals surface area (Å²) < 4.78 is 13.8. The Balaban J connectivity index is 1.66. The van der Waals surface area contributed by atoms with Gasteiger partial charge in [0.15, 0.2) is 0 Å². The van der Waals surface area contributed by atoms with Crippen molar-refractivity contribution in [2.45, 2.75) is 64.7 Å². The molecule has 0 radical (unpaired) electrons. The van der Waals surface area contributed by atoms with Gasteiger partial charge in [-0.3, -0.25) is 9.59 Å². The quantitative estimate of drug-likeness (QED) is 0.730. The van der Waals surface area contributed by atoms with Gasteiger partial charge in [-0.2, -0.15) is 0 Å². The van der Waals surface area contributed by atoms with Gasteiger partial charge in [0, 0.05) is 19.3 Å². The van der Waals surface area contributed by atoms with E-state index in [1.807, 2.05) is 0 Å². The summed E-state index contributed by atoms with van der Waals surface area (Å²) >= 11 is 0. The van der Waals surface area contributed by atoms with Crippen LogP contribution < -0.4 is 0 Å². The second kappa shape index (κ2) is 4.88. The molecule has 0 aromatic rings. The van der Waals surface area contributed by atoms with Crippen LogP contribution in [0.1, 0.15) is 64.7 Å². The zero-order chi connectivity index (χ0) is 15.5. The van der Waals surface area contributed by atoms with Crippen LogP contribution in [-0.4, -0.2) is 18.2 Å². The Hall–Kier alpha value is -0.730. The van der Waals surface area contributed by atoms with E-state index in [1.165, 1.54) is 0 Å². The molecule has 1 unspecified atom stereocenters. The van der Waals surface area contributed by atoms with Crippen molar-refractivity contribution < 1.29 is 14.0 Å². The fourth-order valence-electron chi connectivity index (χ4n) is 6.87. The average Bonchev–Trinajstić information content (AvgIpc) is 2.86. The lowest BCUT2D eigenvalue weighted by molar-refractivity contribution is -0.147. The van der Waals surface area contributed by atoms with Crippen LogP contribution in [0.4, 0.5) is 4.39 Å². The monoisotopic (exact) mass is 306 g/mol. The first-order valence-corrected chi connectivity index (χ1v) is 9.12. The standard InChI is InChI=1S/C19H27FO2/c1-18-8-6-13(21)10-12(18)2-3-14-15(18)7-9-19(11-20)16(14)4-5-17(19)22/h12,14-16H,2-11H2,1H3/t12?,14-,15+,16+,18+,19-/m1/s1. The summed E-state index contributed by atoms with van der Waals surface area (Å²) in [4.78, 5) is 24.2. The lowest BCUT2D eigenvalue weighted by Gasteiger charge is -2.59. The van der Waals surface area contributed by atoms with Crippen LogP contribution in [-0.2, 0) is 9.59 Å². The SMILES string of the molecule is C[C@]12CCC(=O)CC1CC[C@H]1[C@@H]3CCC(=O)[C@@]3(CF)CC[C@@H]12. The second-order valence-corrected chi connectivity index (χ2v) is 8.69. The number of rotatable bonds is 1. The van der Waals surface area contributed by atoms with Crippen molar-refractivity contribution >= 4 is 11.6 Å². The number of hydrogen-bond acceptors (Lipinski definition) is 2. The molecule has 0 aromatic carbocycles. The van der Waals surface area contributed by atoms with Gasteiger partial charge in [-0.1, -0.05) is 6.92 Å². The maximum atomic E-state index is 13.8. The number of ketones is 2. The third kappa shape index (κ3) is 1.77. The van der Waals surface area contributed by atoms with E-state index in [2.05, 4.69) is 6.92 Å². The fraction of sp³-hybridized carbons (Fsp3) is 0.895. The van der Waals surface area contributed by atoms with Crippen LogP contribution in [0.3, 0.4) is 0 Å². The molecule has 0 aliphatic heterocycles. The number of carbonyl (C=O) groups excluding carboxylic acids is 2. The molecule has 0 aromatic heterocycles. The number of carbonyl (C=O) groups is 2. The molecule has 0 N–H and O–H groups in total. The summed E-state index contributed by atoms with van der Waals surface area (Å²) in [6.07, 6.45) is 7.98. The first-order chi connectivity index (χ1) is 10.5. The predicted molar refractivity (Wildman–Crippen MR) is 82.0 cm³/mol. The largest absolute Gasteiger partial charge is 0.300 e. The van der Waals surface area contributed by atoms with Crippen LogP contribution in [0.15, 0.2) is 0 Å². The molecule has 3 heteroatoms. The van der Waals surface area contributed by atoms with Gasteiger partial charge in [0.05, 0.1) is 5.41 Å². The third-order valence-electron chi connectivity index (χ3n) is 8.17. The number of Topliss-reactive ketones (excluding diaryl/α,β-unsaturated/α-hetero) is 2. The smallest absolute Gasteiger partial charge is 0.141 e. The van der Waals surface area contributed by atoms with Gasteiger partial charge in [-0.05, 0) is 67.6 Å². The molecule has 4 saturated carbocycles. The zero-order valence-electron chi connectivity index (χ0n) is 13.6. The Labute approximate surface area is 132 Å². The van der Waals surface area contributed by atoms with Crippen molar-refractivity contribution in [1.82, 2.24) is 0 Å². The Kier molecular flexibility index (Phi) is 3.29. The molecule has 0 spiro atoms. The number of halogens is 1. The molecule has 4 fully saturated rings. The van der Waals surface area contributed by atoms with E-state index in [0.29, 0.717) is 30.0 Å². The molecule has 4 aliphatic carbocycles. The summed E-state index contributed by atoms with van der Waals surface area (Å²) in [5.41, 5.74) is -0.375. The molecular weight excluding hydrogens is 279 g/mol. The Morgan fingerprint density at radius 3 is 2.64 bits per heavy atom. The molecule has 0 bridgehead atoms. The van der Waals surface area contributed by atoms with Crippen molar-refractivity contribution in [3.05, 3.63) is 0 Å². The highest BCUT2D eigenvalue weighted by Crippen LogP contribution is 2.65. The van der Waals surface area contributed by atoms with Gasteiger partial charge in [0.25, 0.3) is 0 Å². The minimum atomic E-state index is -0.630. The Morgan fingerprint density at radius 2 is 1.86 bits per heavy atom. The molecule has 6 atom stereocenters. The van der Waals surface area contributed by atoms with Gasteiger partial charge < -0.3 is 0 Å². The zero-order valence-corrected chi connectivity index (χ0v) is 13.6. The van der Waals surface area contributed by atoms with Crippen LogP contribution in [0.5, 0.6) is 0 Å². The third-order valence-corrected chi connectivity index (χ3v) is 8.17. The molecule has 0 saturated heterocycles. The molecule has 2 nitrogen and oxygen atoms in total. The first kappa shape index (κ1) is 14.8. The van der Waals surface area contributed by atoms with Gasteiger partial charge >= 0.3 is 0 Å². The molecule has 0 heterocycles. The van der Waals surface area contributed by atoms with Crippen LogP contribution >= 0.6 is 0 Å². The van der Waals surface area contributed by atoms with E-state index < -0.39 is 12.1 Å². The number of alkyl halides is 1. The fourth-order valence-corrected chi connectivity index (χ4v) is 6.87. The lowest BCUT2D eigenvalue weighted by atomic mass is 9.45. The number of fused-ring (bicyclic) bond motifs is 5. The van der Waals surface area contributed by atoms with Gasteiger partial charge in [0.2, 0.25) is 0 Å². The van der Waals surface area contributed by atoms with E-state index in [4.69, 9.17) is 0 Å². The van der Waals surface area contributed by atoms with Crippen molar-refractivity contribution in [3.8, 4) is 0 Å². The summed E-state index contributed by atoms with van der Waals surface area (Å²) in [5.74, 6) is 2.57. The van der Waals surface area contributed by atoms with E-state index >= 15 is 0 Å². The molecule has 0 amide bonds. The maximum Gasteiger partial charge on any atom is 0.141 e. The summed E-state index contributed by atoms with van der Waals surface area (Å²) in [6.45, 7) is 1.94. The molecule has 4 aliphatic rings. The minimum absolute atomic E-state index is 0.199. The summed E-state index contributed by atoms with van der Waals surface area (Å²) in [7, 11) is 0. The van der Waals surface area contributed by atoms with Crippen LogP contribution in [0.25, 0.3) is 0 Å². The molecule has 22 heavy (non-hydrogen) atoms. The van der Waals surface area contributed by atoms with Crippen molar-refractivity contribution in [2.24, 2.45) is 34.5 Å². The van der Waals surface area contributed by atoms with E-state index in [-0.39, 0.29) is 17.1 Å². The maximum absolute atomic E-state index is 13.8. The van der Waals surface area contributed by atoms with Gasteiger partial charge in [0.1, 0.15) is 18.2 Å². The van der Waals surface area contributed by atoms with Crippen LogP contribution in [0.2, 0.25) is 0 Å². The second-order valence-electron chi connectivity index (χ2n) is 8.69. The van der Waals surface area contributed by atoms with E-state index in [9.17, 15) is 14.0 Å². The first-order valence-electron chi connectivity index (χ1n) is 9.12. The molecule has 4 rings (SSSR count). The highest BCUT2D eigenvalue weighted by Gasteiger charge is 2.61. The predicted octanol–water partition coefficient (Wildman–Crippen LogP) is 4.12. The molecular formula is C19H27FO2. The molecule has 122 valence electrons. The van der Waals surface area contributed by atoms with E-state index in [1.54, 1.807) is 0 Å². The van der Waals surface area contributed by atoms with Gasteiger partial charge in [-0.25, -0.2) is 4.39 Å². The lowest BCUT2D eigenvalue weighted by Crippen LogP contribution is -2.54. The van der Waals surface area contributed by atoms with Crippen molar-refractivity contribution in [3.63, 3.8) is 0 Å². The summed E-state index contributed by atoms with van der Waals surface area (Å²) in [6, 6.07) is 0. The van der Waals surface area contributed by atoms with Crippen molar-refractivity contribution in [1.29, 1.82) is 0 Å². The highest BCUT2D eigenvalue weighted by molar-refractivity contribution is 5.87. The normalized spacial score (nSPS) is 51.2. The highest BCUT2D eigenvalue weighted by atomic mass is 19.1. The minimum Gasteiger partial charge on any atom is -0.300 e. The van der Waals surface area contributed by atoms with E-state index in [0.717, 1.165) is 51.4 Å². The topological polar surface area (TPSA) is 34.1 Å². The Bertz CT molecular complexity index is 516. The van der Waals surface area contributed by atoms with Crippen LogP contribution in [0, 0.1) is 34.5 Å².